The minimum Gasteiger partial charge on any atom is -0.469 e. The van der Waals surface area contributed by atoms with Gasteiger partial charge in [0.15, 0.2) is 0 Å². The van der Waals surface area contributed by atoms with Crippen molar-refractivity contribution >= 4 is 35.6 Å². The first kappa shape index (κ1) is 11.8. The lowest BCUT2D eigenvalue weighted by Gasteiger charge is -1.99. The maximum atomic E-state index is 11.2. The van der Waals surface area contributed by atoms with Crippen LogP contribution in [0.4, 0.5) is 0 Å². The Morgan fingerprint density at radius 3 is 3.00 bits per heavy atom. The summed E-state index contributed by atoms with van der Waals surface area (Å²) in [6.07, 6.45) is 2.00. The van der Waals surface area contributed by atoms with E-state index >= 15 is 0 Å². The Balaban J connectivity index is 2.47. The standard InChI is InChI=1S/C13H13NO2S/c1-3-8-4-5-11-10(13(8)17)6-9(14-11)7-12(15)16-2/h3-6,14,17H,1,7H2,2H3. The van der Waals surface area contributed by atoms with Crippen molar-refractivity contribution in [1.29, 1.82) is 0 Å². The number of hydrogen-bond donors (Lipinski definition) is 2. The van der Waals surface area contributed by atoms with E-state index in [-0.39, 0.29) is 12.4 Å². The van der Waals surface area contributed by atoms with Gasteiger partial charge < -0.3 is 9.72 Å². The van der Waals surface area contributed by atoms with Crippen molar-refractivity contribution in [2.75, 3.05) is 7.11 Å². The van der Waals surface area contributed by atoms with Crippen LogP contribution in [0.15, 0.2) is 29.7 Å². The summed E-state index contributed by atoms with van der Waals surface area (Å²) in [5, 5.41) is 0.990. The number of aromatic amines is 1. The topological polar surface area (TPSA) is 42.1 Å². The molecule has 1 aromatic heterocycles. The number of esters is 1. The van der Waals surface area contributed by atoms with Gasteiger partial charge in [0.1, 0.15) is 0 Å². The fraction of sp³-hybridized carbons (Fsp3) is 0.154. The van der Waals surface area contributed by atoms with Gasteiger partial charge in [-0.25, -0.2) is 0 Å². The number of carbonyl (C=O) groups is 1. The zero-order valence-corrected chi connectivity index (χ0v) is 10.4. The normalized spacial score (nSPS) is 10.5. The molecule has 2 rings (SSSR count). The van der Waals surface area contributed by atoms with Crippen LogP contribution >= 0.6 is 12.6 Å². The highest BCUT2D eigenvalue weighted by Gasteiger charge is 2.09. The van der Waals surface area contributed by atoms with Gasteiger partial charge in [-0.1, -0.05) is 18.7 Å². The van der Waals surface area contributed by atoms with Gasteiger partial charge in [-0.15, -0.1) is 12.6 Å². The quantitative estimate of drug-likeness (QED) is 0.647. The first-order valence-corrected chi connectivity index (χ1v) is 5.63. The Labute approximate surface area is 105 Å². The Kier molecular flexibility index (Phi) is 3.24. The van der Waals surface area contributed by atoms with Gasteiger partial charge in [-0.05, 0) is 17.7 Å². The second-order valence-electron chi connectivity index (χ2n) is 3.72. The second kappa shape index (κ2) is 4.67. The van der Waals surface area contributed by atoms with E-state index in [1.807, 2.05) is 18.2 Å². The number of ether oxygens (including phenoxy) is 1. The molecule has 0 radical (unpaired) electrons. The summed E-state index contributed by atoms with van der Waals surface area (Å²) in [5.74, 6) is -0.263. The smallest absolute Gasteiger partial charge is 0.311 e. The van der Waals surface area contributed by atoms with Gasteiger partial charge in [-0.3, -0.25) is 4.79 Å². The van der Waals surface area contributed by atoms with E-state index in [9.17, 15) is 4.79 Å². The van der Waals surface area contributed by atoms with E-state index in [0.717, 1.165) is 27.1 Å². The average molecular weight is 247 g/mol. The molecule has 0 saturated carbocycles. The van der Waals surface area contributed by atoms with Crippen molar-refractivity contribution < 1.29 is 9.53 Å². The molecule has 0 bridgehead atoms. The Hall–Kier alpha value is -1.68. The molecule has 0 aliphatic carbocycles. The summed E-state index contributed by atoms with van der Waals surface area (Å²) in [7, 11) is 1.38. The summed E-state index contributed by atoms with van der Waals surface area (Å²) in [4.78, 5) is 15.2. The van der Waals surface area contributed by atoms with Gasteiger partial charge in [0.25, 0.3) is 0 Å². The van der Waals surface area contributed by atoms with Crippen molar-refractivity contribution in [3.05, 3.63) is 36.0 Å². The summed E-state index contributed by atoms with van der Waals surface area (Å²) >= 11 is 4.46. The molecule has 0 atom stereocenters. The van der Waals surface area contributed by atoms with E-state index in [4.69, 9.17) is 0 Å². The lowest BCUT2D eigenvalue weighted by Crippen LogP contribution is -2.04. The molecule has 0 aliphatic heterocycles. The maximum Gasteiger partial charge on any atom is 0.311 e. The summed E-state index contributed by atoms with van der Waals surface area (Å²) < 4.78 is 4.63. The zero-order valence-electron chi connectivity index (χ0n) is 9.49. The minimum atomic E-state index is -0.263. The summed E-state index contributed by atoms with van der Waals surface area (Å²) in [6.45, 7) is 3.73. The van der Waals surface area contributed by atoms with Crippen molar-refractivity contribution in [3.63, 3.8) is 0 Å². The maximum absolute atomic E-state index is 11.2. The molecular weight excluding hydrogens is 234 g/mol. The van der Waals surface area contributed by atoms with Crippen molar-refractivity contribution in [1.82, 2.24) is 4.98 Å². The average Bonchev–Trinajstić information content (AvgIpc) is 2.73. The van der Waals surface area contributed by atoms with Crippen LogP contribution in [0, 0.1) is 0 Å². The van der Waals surface area contributed by atoms with E-state index < -0.39 is 0 Å². The first-order chi connectivity index (χ1) is 8.15. The molecule has 1 heterocycles. The molecule has 0 spiro atoms. The Morgan fingerprint density at radius 1 is 1.59 bits per heavy atom. The molecule has 3 nitrogen and oxygen atoms in total. The van der Waals surface area contributed by atoms with Crippen LogP contribution in [0.1, 0.15) is 11.3 Å². The lowest BCUT2D eigenvalue weighted by molar-refractivity contribution is -0.139. The SMILES string of the molecule is C=Cc1ccc2[nH]c(CC(=O)OC)cc2c1S. The molecule has 4 heteroatoms. The van der Waals surface area contributed by atoms with Crippen LogP contribution in [0.2, 0.25) is 0 Å². The van der Waals surface area contributed by atoms with E-state index in [1.165, 1.54) is 7.11 Å². The van der Waals surface area contributed by atoms with Gasteiger partial charge >= 0.3 is 5.97 Å². The van der Waals surface area contributed by atoms with E-state index in [2.05, 4.69) is 28.9 Å². The fourth-order valence-electron chi connectivity index (χ4n) is 1.75. The first-order valence-electron chi connectivity index (χ1n) is 5.18. The van der Waals surface area contributed by atoms with Crippen molar-refractivity contribution in [2.24, 2.45) is 0 Å². The largest absolute Gasteiger partial charge is 0.469 e. The van der Waals surface area contributed by atoms with Gasteiger partial charge in [0, 0.05) is 21.5 Å². The number of rotatable bonds is 3. The molecule has 1 aromatic carbocycles. The second-order valence-corrected chi connectivity index (χ2v) is 4.16. The predicted molar refractivity (Wildman–Crippen MR) is 71.4 cm³/mol. The number of carbonyl (C=O) groups excluding carboxylic acids is 1. The summed E-state index contributed by atoms with van der Waals surface area (Å²) in [6, 6.07) is 5.81. The Morgan fingerprint density at radius 2 is 2.35 bits per heavy atom. The molecule has 0 amide bonds. The highest BCUT2D eigenvalue weighted by molar-refractivity contribution is 7.80. The van der Waals surface area contributed by atoms with Crippen LogP contribution in [0.5, 0.6) is 0 Å². The number of fused-ring (bicyclic) bond motifs is 1. The predicted octanol–water partition coefficient (Wildman–Crippen LogP) is 2.82. The Bertz CT molecular complexity index is 586. The molecule has 88 valence electrons. The third-order valence-corrected chi connectivity index (χ3v) is 3.14. The monoisotopic (exact) mass is 247 g/mol. The molecule has 1 N–H and O–H groups in total. The number of H-pyrrole nitrogens is 1. The van der Waals surface area contributed by atoms with Crippen LogP contribution in [-0.2, 0) is 16.0 Å². The van der Waals surface area contributed by atoms with E-state index in [1.54, 1.807) is 6.08 Å². The fourth-order valence-corrected chi connectivity index (χ4v) is 2.10. The van der Waals surface area contributed by atoms with Gasteiger partial charge in [0.05, 0.1) is 13.5 Å². The molecule has 0 aliphatic rings. The molecule has 0 unspecified atom stereocenters. The highest BCUT2D eigenvalue weighted by atomic mass is 32.1. The number of aromatic nitrogens is 1. The molecule has 17 heavy (non-hydrogen) atoms. The van der Waals surface area contributed by atoms with Crippen molar-refractivity contribution in [3.8, 4) is 0 Å². The number of hydrogen-bond acceptors (Lipinski definition) is 3. The number of nitrogens with one attached hydrogen (secondary N) is 1. The van der Waals surface area contributed by atoms with Crippen LogP contribution in [-0.4, -0.2) is 18.1 Å². The molecular formula is C13H13NO2S. The lowest BCUT2D eigenvalue weighted by atomic mass is 10.1. The van der Waals surface area contributed by atoms with Crippen LogP contribution in [0.3, 0.4) is 0 Å². The molecule has 2 aromatic rings. The third kappa shape index (κ3) is 2.22. The van der Waals surface area contributed by atoms with Gasteiger partial charge in [-0.2, -0.15) is 0 Å². The minimum absolute atomic E-state index is 0.238. The number of benzene rings is 1. The molecule has 0 saturated heterocycles. The third-order valence-electron chi connectivity index (χ3n) is 2.64. The molecule has 0 fully saturated rings. The number of methoxy groups -OCH3 is 1. The highest BCUT2D eigenvalue weighted by Crippen LogP contribution is 2.27. The number of thiol groups is 1. The van der Waals surface area contributed by atoms with Crippen LogP contribution < -0.4 is 0 Å². The van der Waals surface area contributed by atoms with Crippen molar-refractivity contribution in [2.45, 2.75) is 11.3 Å². The van der Waals surface area contributed by atoms with Crippen LogP contribution in [0.25, 0.3) is 17.0 Å². The zero-order chi connectivity index (χ0) is 12.4. The van der Waals surface area contributed by atoms with Gasteiger partial charge in [0.2, 0.25) is 0 Å². The summed E-state index contributed by atoms with van der Waals surface area (Å²) in [5.41, 5.74) is 2.76. The van der Waals surface area contributed by atoms with E-state index in [0.29, 0.717) is 0 Å².